The predicted octanol–water partition coefficient (Wildman–Crippen LogP) is 1.25. The minimum atomic E-state index is -0.551. The lowest BCUT2D eigenvalue weighted by Gasteiger charge is -2.16. The first-order valence-electron chi connectivity index (χ1n) is 8.62. The third-order valence-electron chi connectivity index (χ3n) is 4.57. The van der Waals surface area contributed by atoms with Crippen LogP contribution in [-0.2, 0) is 24.3 Å². The molecule has 0 atom stereocenters. The second-order valence-corrected chi connectivity index (χ2v) is 6.40. The van der Waals surface area contributed by atoms with Crippen LogP contribution in [0.25, 0.3) is 5.70 Å². The fourth-order valence-corrected chi connectivity index (χ4v) is 3.00. The molecule has 1 aliphatic rings. The number of rotatable bonds is 4. The summed E-state index contributed by atoms with van der Waals surface area (Å²) in [7, 11) is 0. The van der Waals surface area contributed by atoms with E-state index in [4.69, 9.17) is 0 Å². The summed E-state index contributed by atoms with van der Waals surface area (Å²) in [5.74, 6) is -0.367. The van der Waals surface area contributed by atoms with E-state index in [2.05, 4.69) is 16.9 Å². The van der Waals surface area contributed by atoms with Crippen LogP contribution in [0.4, 0.5) is 4.39 Å². The first-order chi connectivity index (χ1) is 12.9. The van der Waals surface area contributed by atoms with E-state index in [0.717, 1.165) is 5.56 Å². The Labute approximate surface area is 155 Å². The lowest BCUT2D eigenvalue weighted by atomic mass is 10.2. The summed E-state index contributed by atoms with van der Waals surface area (Å²) in [6.07, 6.45) is 0.410. The Balaban J connectivity index is 1.81. The minimum absolute atomic E-state index is 0.0642. The molecule has 2 N–H and O–H groups in total. The lowest BCUT2D eigenvalue weighted by molar-refractivity contribution is -0.128. The smallest absolute Gasteiger partial charge is 0.296 e. The summed E-state index contributed by atoms with van der Waals surface area (Å²) < 4.78 is 14.4. The van der Waals surface area contributed by atoms with Crippen molar-refractivity contribution in [2.75, 3.05) is 13.1 Å². The van der Waals surface area contributed by atoms with E-state index < -0.39 is 11.3 Å². The molecule has 0 radical (unpaired) electrons. The van der Waals surface area contributed by atoms with Crippen LogP contribution < -0.4 is 10.9 Å². The number of carbonyl (C=O) groups is 1. The highest BCUT2D eigenvalue weighted by atomic mass is 19.1. The first kappa shape index (κ1) is 18.6. The SMILES string of the molecule is C=C(NCc1ccc(F)cc1)c1nc2n(c(=O)c1O)CCN(C(C)=O)CC2. The van der Waals surface area contributed by atoms with Gasteiger partial charge in [-0.2, -0.15) is 0 Å². The van der Waals surface area contributed by atoms with Crippen molar-refractivity contribution in [2.24, 2.45) is 0 Å². The number of nitrogens with zero attached hydrogens (tertiary/aromatic N) is 3. The van der Waals surface area contributed by atoms with Crippen LogP contribution in [0, 0.1) is 5.82 Å². The van der Waals surface area contributed by atoms with Gasteiger partial charge in [-0.1, -0.05) is 18.7 Å². The monoisotopic (exact) mass is 372 g/mol. The molecule has 0 unspecified atom stereocenters. The molecule has 0 aliphatic carbocycles. The molecule has 1 aromatic heterocycles. The Morgan fingerprint density at radius 3 is 2.67 bits per heavy atom. The quantitative estimate of drug-likeness (QED) is 0.844. The highest BCUT2D eigenvalue weighted by Crippen LogP contribution is 2.19. The molecule has 0 bridgehead atoms. The summed E-state index contributed by atoms with van der Waals surface area (Å²) >= 11 is 0. The Morgan fingerprint density at radius 1 is 1.30 bits per heavy atom. The zero-order chi connectivity index (χ0) is 19.6. The van der Waals surface area contributed by atoms with Crippen molar-refractivity contribution < 1.29 is 14.3 Å². The van der Waals surface area contributed by atoms with Crippen LogP contribution in [0.3, 0.4) is 0 Å². The summed E-state index contributed by atoms with van der Waals surface area (Å²) in [4.78, 5) is 30.2. The van der Waals surface area contributed by atoms with Gasteiger partial charge in [0.05, 0.1) is 5.70 Å². The number of carbonyl (C=O) groups excluding carboxylic acids is 1. The van der Waals surface area contributed by atoms with E-state index >= 15 is 0 Å². The van der Waals surface area contributed by atoms with Gasteiger partial charge in [-0.3, -0.25) is 14.2 Å². The summed E-state index contributed by atoms with van der Waals surface area (Å²) in [6.45, 7) is 6.82. The van der Waals surface area contributed by atoms with Gasteiger partial charge >= 0.3 is 0 Å². The molecule has 3 rings (SSSR count). The van der Waals surface area contributed by atoms with Gasteiger partial charge in [0, 0.05) is 39.5 Å². The average molecular weight is 372 g/mol. The van der Waals surface area contributed by atoms with E-state index in [1.54, 1.807) is 17.0 Å². The third-order valence-corrected chi connectivity index (χ3v) is 4.57. The maximum atomic E-state index is 13.0. The molecule has 0 spiro atoms. The zero-order valence-electron chi connectivity index (χ0n) is 15.0. The van der Waals surface area contributed by atoms with Crippen molar-refractivity contribution in [3.05, 3.63) is 64.1 Å². The maximum Gasteiger partial charge on any atom is 0.296 e. The Hall–Kier alpha value is -3.16. The van der Waals surface area contributed by atoms with Gasteiger partial charge in [0.2, 0.25) is 11.7 Å². The van der Waals surface area contributed by atoms with Gasteiger partial charge in [0.15, 0.2) is 0 Å². The minimum Gasteiger partial charge on any atom is -0.501 e. The molecular weight excluding hydrogens is 351 g/mol. The van der Waals surface area contributed by atoms with Crippen molar-refractivity contribution in [2.45, 2.75) is 26.4 Å². The van der Waals surface area contributed by atoms with E-state index in [0.29, 0.717) is 37.6 Å². The maximum absolute atomic E-state index is 13.0. The molecule has 1 aliphatic heterocycles. The number of hydrogen-bond acceptors (Lipinski definition) is 5. The summed E-state index contributed by atoms with van der Waals surface area (Å²) in [5, 5.41) is 13.3. The molecule has 142 valence electrons. The Kier molecular flexibility index (Phi) is 5.25. The summed E-state index contributed by atoms with van der Waals surface area (Å²) in [5.41, 5.74) is 0.653. The van der Waals surface area contributed by atoms with E-state index in [-0.39, 0.29) is 24.0 Å². The van der Waals surface area contributed by atoms with Crippen LogP contribution in [-0.4, -0.2) is 38.6 Å². The van der Waals surface area contributed by atoms with Crippen molar-refractivity contribution in [1.82, 2.24) is 19.8 Å². The topological polar surface area (TPSA) is 87.5 Å². The largest absolute Gasteiger partial charge is 0.501 e. The molecular formula is C19H21FN4O3. The number of benzene rings is 1. The highest BCUT2D eigenvalue weighted by Gasteiger charge is 2.22. The van der Waals surface area contributed by atoms with Crippen LogP contribution in [0.5, 0.6) is 5.75 Å². The number of aromatic hydroxyl groups is 1. The highest BCUT2D eigenvalue weighted by molar-refractivity contribution is 5.73. The van der Waals surface area contributed by atoms with Gasteiger partial charge in [0.1, 0.15) is 17.3 Å². The second kappa shape index (κ2) is 7.61. The van der Waals surface area contributed by atoms with Crippen LogP contribution in [0.15, 0.2) is 35.6 Å². The van der Waals surface area contributed by atoms with Gasteiger partial charge < -0.3 is 15.3 Å². The normalized spacial score (nSPS) is 13.6. The first-order valence-corrected chi connectivity index (χ1v) is 8.62. The van der Waals surface area contributed by atoms with Gasteiger partial charge in [-0.05, 0) is 17.7 Å². The summed E-state index contributed by atoms with van der Waals surface area (Å²) in [6, 6.07) is 5.96. The molecule has 1 aromatic carbocycles. The number of fused-ring (bicyclic) bond motifs is 1. The van der Waals surface area contributed by atoms with E-state index in [1.165, 1.54) is 23.6 Å². The van der Waals surface area contributed by atoms with E-state index in [9.17, 15) is 19.1 Å². The Morgan fingerprint density at radius 2 is 2.00 bits per heavy atom. The molecule has 2 aromatic rings. The number of halogens is 1. The van der Waals surface area contributed by atoms with E-state index in [1.807, 2.05) is 0 Å². The predicted molar refractivity (Wildman–Crippen MR) is 98.4 cm³/mol. The number of nitrogens with one attached hydrogen (secondary N) is 1. The van der Waals surface area contributed by atoms with Crippen LogP contribution >= 0.6 is 0 Å². The zero-order valence-corrected chi connectivity index (χ0v) is 15.0. The molecule has 0 fully saturated rings. The Bertz CT molecular complexity index is 937. The van der Waals surface area contributed by atoms with Gasteiger partial charge in [-0.15, -0.1) is 0 Å². The molecule has 8 heteroatoms. The fraction of sp³-hybridized carbons (Fsp3) is 0.316. The van der Waals surface area contributed by atoms with Crippen molar-refractivity contribution in [3.8, 4) is 5.75 Å². The standard InChI is InChI=1S/C19H21FN4O3/c1-12(21-11-14-3-5-15(20)6-4-14)17-18(26)19(27)24-10-9-23(13(2)25)8-7-16(24)22-17/h3-6,21,26H,1,7-11H2,2H3. The van der Waals surface area contributed by atoms with Gasteiger partial charge in [-0.25, -0.2) is 9.37 Å². The molecule has 1 amide bonds. The van der Waals surface area contributed by atoms with Crippen molar-refractivity contribution in [1.29, 1.82) is 0 Å². The molecule has 0 saturated heterocycles. The van der Waals surface area contributed by atoms with Crippen molar-refractivity contribution >= 4 is 11.6 Å². The number of aromatic nitrogens is 2. The second-order valence-electron chi connectivity index (χ2n) is 6.40. The molecule has 0 saturated carbocycles. The van der Waals surface area contributed by atoms with Gasteiger partial charge in [0.25, 0.3) is 5.56 Å². The third kappa shape index (κ3) is 3.99. The average Bonchev–Trinajstić information content (AvgIpc) is 2.87. The van der Waals surface area contributed by atoms with Crippen LogP contribution in [0.2, 0.25) is 0 Å². The fourth-order valence-electron chi connectivity index (χ4n) is 3.00. The van der Waals surface area contributed by atoms with Crippen molar-refractivity contribution in [3.63, 3.8) is 0 Å². The lowest BCUT2D eigenvalue weighted by Crippen LogP contribution is -2.32. The number of amides is 1. The molecule has 7 nitrogen and oxygen atoms in total. The molecule has 27 heavy (non-hydrogen) atoms. The molecule has 2 heterocycles. The van der Waals surface area contributed by atoms with Crippen LogP contribution in [0.1, 0.15) is 24.0 Å². The number of hydrogen-bond donors (Lipinski definition) is 2.